The van der Waals surface area contributed by atoms with E-state index in [0.29, 0.717) is 16.9 Å². The molecule has 2 aromatic heterocycles. The van der Waals surface area contributed by atoms with Gasteiger partial charge in [0.1, 0.15) is 11.7 Å². The van der Waals surface area contributed by atoms with Gasteiger partial charge in [-0.3, -0.25) is 9.78 Å². The van der Waals surface area contributed by atoms with Gasteiger partial charge in [-0.25, -0.2) is 0 Å². The molecule has 0 aliphatic heterocycles. The van der Waals surface area contributed by atoms with E-state index in [-0.39, 0.29) is 0 Å². The average Bonchev–Trinajstić information content (AvgIpc) is 2.92. The maximum atomic E-state index is 11.8. The second-order valence-electron chi connectivity index (χ2n) is 4.68. The first-order chi connectivity index (χ1) is 10.2. The lowest BCUT2D eigenvalue weighted by Gasteiger charge is -2.13. The van der Waals surface area contributed by atoms with E-state index in [1.807, 2.05) is 18.2 Å². The predicted molar refractivity (Wildman–Crippen MR) is 78.6 cm³/mol. The largest absolute Gasteiger partial charge is 0.496 e. The van der Waals surface area contributed by atoms with Crippen molar-refractivity contribution in [3.8, 4) is 5.75 Å². The summed E-state index contributed by atoms with van der Waals surface area (Å²) in [6, 6.07) is 9.02. The molecule has 0 aliphatic carbocycles. The van der Waals surface area contributed by atoms with Crippen LogP contribution in [0.5, 0.6) is 5.75 Å². The number of carboxylic acids is 1. The number of aliphatic carboxylic acids is 1. The molecule has 5 heteroatoms. The van der Waals surface area contributed by atoms with Gasteiger partial charge in [-0.15, -0.1) is 0 Å². The normalized spacial score (nSPS) is 12.2. The lowest BCUT2D eigenvalue weighted by molar-refractivity contribution is -0.137. The van der Waals surface area contributed by atoms with E-state index < -0.39 is 11.9 Å². The number of fused-ring (bicyclic) bond motifs is 1. The fourth-order valence-electron chi connectivity index (χ4n) is 2.59. The lowest BCUT2D eigenvalue weighted by atomic mass is 9.91. The highest BCUT2D eigenvalue weighted by atomic mass is 16.5. The number of methoxy groups -OCH3 is 1. The molecule has 0 fully saturated rings. The van der Waals surface area contributed by atoms with Crippen molar-refractivity contribution in [3.63, 3.8) is 0 Å². The van der Waals surface area contributed by atoms with Crippen molar-refractivity contribution < 1.29 is 14.6 Å². The Hall–Kier alpha value is -2.82. The summed E-state index contributed by atoms with van der Waals surface area (Å²) in [5.41, 5.74) is 2.22. The van der Waals surface area contributed by atoms with E-state index in [4.69, 9.17) is 4.74 Å². The number of carbonyl (C=O) groups is 1. The molecule has 3 aromatic rings. The smallest absolute Gasteiger partial charge is 0.315 e. The summed E-state index contributed by atoms with van der Waals surface area (Å²) >= 11 is 0. The van der Waals surface area contributed by atoms with Gasteiger partial charge in [-0.1, -0.05) is 6.07 Å². The number of ether oxygens (including phenoxy) is 1. The number of benzene rings is 1. The summed E-state index contributed by atoms with van der Waals surface area (Å²) < 4.78 is 5.37. The molecular weight excluding hydrogens is 268 g/mol. The standard InChI is InChI=1S/C16H14N2O3/c1-21-13-4-2-3-12-15(13)11(9-18-12)14(16(19)20)10-5-7-17-8-6-10/h2-9,14,18H,1H3,(H,19,20). The first-order valence-corrected chi connectivity index (χ1v) is 6.49. The number of pyridine rings is 1. The van der Waals surface area contributed by atoms with E-state index in [0.717, 1.165) is 10.9 Å². The van der Waals surface area contributed by atoms with Crippen LogP contribution in [0, 0.1) is 0 Å². The van der Waals surface area contributed by atoms with E-state index in [2.05, 4.69) is 9.97 Å². The summed E-state index contributed by atoms with van der Waals surface area (Å²) in [7, 11) is 1.58. The molecule has 3 rings (SSSR count). The maximum absolute atomic E-state index is 11.8. The van der Waals surface area contributed by atoms with Crippen LogP contribution < -0.4 is 4.74 Å². The van der Waals surface area contributed by atoms with E-state index in [1.165, 1.54) is 0 Å². The number of carboxylic acid groups (broad SMARTS) is 1. The van der Waals surface area contributed by atoms with Gasteiger partial charge in [0.15, 0.2) is 0 Å². The van der Waals surface area contributed by atoms with Crippen LogP contribution >= 0.6 is 0 Å². The van der Waals surface area contributed by atoms with Crippen LogP contribution in [-0.4, -0.2) is 28.2 Å². The van der Waals surface area contributed by atoms with Gasteiger partial charge < -0.3 is 14.8 Å². The van der Waals surface area contributed by atoms with Crippen molar-refractivity contribution >= 4 is 16.9 Å². The zero-order valence-corrected chi connectivity index (χ0v) is 11.4. The molecule has 2 N–H and O–H groups in total. The van der Waals surface area contributed by atoms with Gasteiger partial charge >= 0.3 is 5.97 Å². The molecule has 2 heterocycles. The second-order valence-corrected chi connectivity index (χ2v) is 4.68. The minimum Gasteiger partial charge on any atom is -0.496 e. The quantitative estimate of drug-likeness (QED) is 0.771. The van der Waals surface area contributed by atoms with Crippen LogP contribution in [0.3, 0.4) is 0 Å². The summed E-state index contributed by atoms with van der Waals surface area (Å²) in [5.74, 6) is -1.02. The van der Waals surface area contributed by atoms with Crippen molar-refractivity contribution in [3.05, 3.63) is 60.0 Å². The first-order valence-electron chi connectivity index (χ1n) is 6.49. The van der Waals surface area contributed by atoms with Gasteiger partial charge in [-0.2, -0.15) is 0 Å². The molecule has 1 unspecified atom stereocenters. The molecule has 5 nitrogen and oxygen atoms in total. The molecule has 0 saturated heterocycles. The Kier molecular flexibility index (Phi) is 3.31. The monoisotopic (exact) mass is 282 g/mol. The fourth-order valence-corrected chi connectivity index (χ4v) is 2.59. The van der Waals surface area contributed by atoms with Gasteiger partial charge in [-0.05, 0) is 35.4 Å². The number of hydrogen-bond acceptors (Lipinski definition) is 3. The first kappa shape index (κ1) is 13.2. The SMILES string of the molecule is COc1cccc2[nH]cc(C(C(=O)O)c3ccncc3)c12. The molecule has 106 valence electrons. The summed E-state index contributed by atoms with van der Waals surface area (Å²) in [6.45, 7) is 0. The van der Waals surface area contributed by atoms with Crippen molar-refractivity contribution in [2.75, 3.05) is 7.11 Å². The Morgan fingerprint density at radius 2 is 2.05 bits per heavy atom. The number of aromatic nitrogens is 2. The average molecular weight is 282 g/mol. The molecule has 1 atom stereocenters. The molecule has 0 amide bonds. The number of nitrogens with one attached hydrogen (secondary N) is 1. The summed E-state index contributed by atoms with van der Waals surface area (Å²) in [4.78, 5) is 18.8. The third-order valence-corrected chi connectivity index (χ3v) is 3.52. The second kappa shape index (κ2) is 5.28. The number of H-pyrrole nitrogens is 1. The van der Waals surface area contributed by atoms with Gasteiger partial charge in [0.2, 0.25) is 0 Å². The van der Waals surface area contributed by atoms with Crippen LogP contribution in [0.1, 0.15) is 17.0 Å². The number of nitrogens with zero attached hydrogens (tertiary/aromatic N) is 1. The summed E-state index contributed by atoms with van der Waals surface area (Å²) in [5, 5.41) is 10.4. The molecule has 0 radical (unpaired) electrons. The van der Waals surface area contributed by atoms with Crippen LogP contribution in [0.15, 0.2) is 48.9 Å². The highest BCUT2D eigenvalue weighted by Crippen LogP contribution is 2.36. The van der Waals surface area contributed by atoms with E-state index in [9.17, 15) is 9.90 Å². The minimum absolute atomic E-state index is 0.657. The maximum Gasteiger partial charge on any atom is 0.315 e. The zero-order chi connectivity index (χ0) is 14.8. The van der Waals surface area contributed by atoms with E-state index >= 15 is 0 Å². The van der Waals surface area contributed by atoms with Crippen molar-refractivity contribution in [2.24, 2.45) is 0 Å². The zero-order valence-electron chi connectivity index (χ0n) is 11.4. The van der Waals surface area contributed by atoms with E-state index in [1.54, 1.807) is 37.8 Å². The predicted octanol–water partition coefficient (Wildman–Crippen LogP) is 2.79. The Morgan fingerprint density at radius 1 is 1.29 bits per heavy atom. The third-order valence-electron chi connectivity index (χ3n) is 3.52. The van der Waals surface area contributed by atoms with Crippen LogP contribution in [-0.2, 0) is 4.79 Å². The lowest BCUT2D eigenvalue weighted by Crippen LogP contribution is -2.13. The molecular formula is C16H14N2O3. The van der Waals surface area contributed by atoms with Gasteiger partial charge in [0, 0.05) is 29.5 Å². The Bertz CT molecular complexity index is 781. The van der Waals surface area contributed by atoms with Gasteiger partial charge in [0.25, 0.3) is 0 Å². The molecule has 0 aliphatic rings. The Morgan fingerprint density at radius 3 is 2.71 bits per heavy atom. The number of hydrogen-bond donors (Lipinski definition) is 2. The molecule has 21 heavy (non-hydrogen) atoms. The van der Waals surface area contributed by atoms with Crippen LogP contribution in [0.25, 0.3) is 10.9 Å². The van der Waals surface area contributed by atoms with Crippen LogP contribution in [0.4, 0.5) is 0 Å². The topological polar surface area (TPSA) is 75.2 Å². The van der Waals surface area contributed by atoms with Crippen LogP contribution in [0.2, 0.25) is 0 Å². The Labute approximate surface area is 121 Å². The minimum atomic E-state index is -0.909. The van der Waals surface area contributed by atoms with Crippen molar-refractivity contribution in [2.45, 2.75) is 5.92 Å². The third kappa shape index (κ3) is 2.23. The molecule has 0 spiro atoms. The Balaban J connectivity index is 2.24. The highest BCUT2D eigenvalue weighted by molar-refractivity contribution is 5.95. The van der Waals surface area contributed by atoms with Crippen molar-refractivity contribution in [1.29, 1.82) is 0 Å². The summed E-state index contributed by atoms with van der Waals surface area (Å²) in [6.07, 6.45) is 4.92. The van der Waals surface area contributed by atoms with Gasteiger partial charge in [0.05, 0.1) is 7.11 Å². The van der Waals surface area contributed by atoms with Crippen molar-refractivity contribution in [1.82, 2.24) is 9.97 Å². The molecule has 0 bridgehead atoms. The molecule has 1 aromatic carbocycles. The molecule has 0 saturated carbocycles. The fraction of sp³-hybridized carbons (Fsp3) is 0.125. The number of aromatic amines is 1. The number of rotatable bonds is 4. The highest BCUT2D eigenvalue weighted by Gasteiger charge is 2.26.